The van der Waals surface area contributed by atoms with Crippen molar-refractivity contribution in [1.29, 1.82) is 0 Å². The van der Waals surface area contributed by atoms with E-state index in [0.717, 1.165) is 44.2 Å². The fourth-order valence-corrected chi connectivity index (χ4v) is 2.46. The normalized spacial score (nSPS) is 17.8. The van der Waals surface area contributed by atoms with Crippen molar-refractivity contribution in [2.45, 2.75) is 31.6 Å². The lowest BCUT2D eigenvalue weighted by Gasteiger charge is -2.25. The molecule has 1 aromatic carbocycles. The van der Waals surface area contributed by atoms with Crippen molar-refractivity contribution < 1.29 is 13.5 Å². The zero-order valence-electron chi connectivity index (χ0n) is 10.8. The van der Waals surface area contributed by atoms with Crippen LogP contribution in [0, 0.1) is 0 Å². The lowest BCUT2D eigenvalue weighted by Crippen LogP contribution is -2.27. The van der Waals surface area contributed by atoms with Gasteiger partial charge < -0.3 is 10.1 Å². The van der Waals surface area contributed by atoms with Crippen LogP contribution in [-0.4, -0.2) is 20.2 Å². The Balaban J connectivity index is 2.35. The Morgan fingerprint density at radius 1 is 1.28 bits per heavy atom. The van der Waals surface area contributed by atoms with E-state index >= 15 is 0 Å². The second-order valence-corrected chi connectivity index (χ2v) is 4.87. The summed E-state index contributed by atoms with van der Waals surface area (Å²) in [5.41, 5.74) is 0.981. The van der Waals surface area contributed by atoms with Gasteiger partial charge in [-0.25, -0.2) is 8.78 Å². The van der Waals surface area contributed by atoms with Crippen LogP contribution in [0.2, 0.25) is 0 Å². The number of methoxy groups -OCH3 is 1. The van der Waals surface area contributed by atoms with Crippen molar-refractivity contribution in [3.63, 3.8) is 0 Å². The minimum Gasteiger partial charge on any atom is -0.496 e. The number of alkyl halides is 2. The number of rotatable bonds is 3. The van der Waals surface area contributed by atoms with Gasteiger partial charge in [-0.05, 0) is 55.6 Å². The highest BCUT2D eigenvalue weighted by atomic mass is 19.3. The molecule has 2 nitrogen and oxygen atoms in total. The van der Waals surface area contributed by atoms with Crippen molar-refractivity contribution >= 4 is 0 Å². The Morgan fingerprint density at radius 3 is 2.50 bits per heavy atom. The summed E-state index contributed by atoms with van der Waals surface area (Å²) in [6, 6.07) is 4.71. The summed E-state index contributed by atoms with van der Waals surface area (Å²) in [5.74, 6) is -1.77. The molecule has 1 aliphatic heterocycles. The molecule has 0 aliphatic carbocycles. The van der Waals surface area contributed by atoms with Crippen molar-refractivity contribution in [1.82, 2.24) is 5.32 Å². The fraction of sp³-hybridized carbons (Fsp3) is 0.571. The molecule has 1 N–H and O–H groups in total. The molecule has 1 aromatic rings. The quantitative estimate of drug-likeness (QED) is 0.895. The number of hydrogen-bond donors (Lipinski definition) is 1. The third kappa shape index (κ3) is 2.80. The van der Waals surface area contributed by atoms with Gasteiger partial charge in [0.1, 0.15) is 5.75 Å². The van der Waals surface area contributed by atoms with Crippen LogP contribution in [0.4, 0.5) is 8.78 Å². The van der Waals surface area contributed by atoms with Gasteiger partial charge in [-0.3, -0.25) is 0 Å². The fourth-order valence-electron chi connectivity index (χ4n) is 2.46. The van der Waals surface area contributed by atoms with Crippen LogP contribution < -0.4 is 10.1 Å². The zero-order chi connectivity index (χ0) is 13.2. The molecule has 1 heterocycles. The van der Waals surface area contributed by atoms with Crippen molar-refractivity contribution in [3.05, 3.63) is 29.3 Å². The predicted octanol–water partition coefficient (Wildman–Crippen LogP) is 3.27. The molecule has 0 spiro atoms. The molecular weight excluding hydrogens is 236 g/mol. The third-order valence-corrected chi connectivity index (χ3v) is 3.52. The van der Waals surface area contributed by atoms with Crippen LogP contribution in [0.1, 0.15) is 36.8 Å². The number of piperidine rings is 1. The molecule has 1 aliphatic rings. The monoisotopic (exact) mass is 255 g/mol. The highest BCUT2D eigenvalue weighted by Gasteiger charge is 2.27. The minimum absolute atomic E-state index is 0.0665. The van der Waals surface area contributed by atoms with Gasteiger partial charge in [-0.1, -0.05) is 0 Å². The van der Waals surface area contributed by atoms with Gasteiger partial charge in [0.25, 0.3) is 5.92 Å². The summed E-state index contributed by atoms with van der Waals surface area (Å²) in [7, 11) is 1.59. The molecule has 0 atom stereocenters. The van der Waals surface area contributed by atoms with E-state index in [1.165, 1.54) is 6.07 Å². The Labute approximate surface area is 106 Å². The highest BCUT2D eigenvalue weighted by molar-refractivity contribution is 5.41. The first-order valence-electron chi connectivity index (χ1n) is 6.29. The first-order chi connectivity index (χ1) is 8.52. The van der Waals surface area contributed by atoms with Crippen molar-refractivity contribution in [3.8, 4) is 5.75 Å². The Bertz CT molecular complexity index is 409. The number of nitrogens with one attached hydrogen (secondary N) is 1. The average molecular weight is 255 g/mol. The molecule has 18 heavy (non-hydrogen) atoms. The van der Waals surface area contributed by atoms with Crippen molar-refractivity contribution in [2.24, 2.45) is 0 Å². The maximum Gasteiger partial charge on any atom is 0.270 e. The third-order valence-electron chi connectivity index (χ3n) is 3.52. The minimum atomic E-state index is -2.80. The van der Waals surface area contributed by atoms with E-state index in [1.54, 1.807) is 19.2 Å². The Morgan fingerprint density at radius 2 is 1.94 bits per heavy atom. The lowest BCUT2D eigenvalue weighted by atomic mass is 9.88. The van der Waals surface area contributed by atoms with Gasteiger partial charge in [-0.2, -0.15) is 0 Å². The molecule has 2 rings (SSSR count). The maximum absolute atomic E-state index is 13.4. The van der Waals surface area contributed by atoms with Crippen LogP contribution in [0.5, 0.6) is 5.75 Å². The summed E-state index contributed by atoms with van der Waals surface area (Å²) in [5, 5.41) is 3.28. The van der Waals surface area contributed by atoms with Gasteiger partial charge >= 0.3 is 0 Å². The molecular formula is C14H19F2NO. The highest BCUT2D eigenvalue weighted by Crippen LogP contribution is 2.37. The van der Waals surface area contributed by atoms with Crippen molar-refractivity contribution in [2.75, 3.05) is 20.2 Å². The summed E-state index contributed by atoms with van der Waals surface area (Å²) in [4.78, 5) is 0. The molecule has 0 saturated carbocycles. The smallest absolute Gasteiger partial charge is 0.270 e. The van der Waals surface area contributed by atoms with E-state index in [-0.39, 0.29) is 5.56 Å². The van der Waals surface area contributed by atoms with E-state index in [4.69, 9.17) is 4.74 Å². The van der Waals surface area contributed by atoms with Gasteiger partial charge in [0.15, 0.2) is 0 Å². The van der Waals surface area contributed by atoms with Crippen LogP contribution >= 0.6 is 0 Å². The van der Waals surface area contributed by atoms with E-state index < -0.39 is 5.92 Å². The number of benzene rings is 1. The molecule has 0 bridgehead atoms. The second kappa shape index (κ2) is 5.22. The van der Waals surface area contributed by atoms with Gasteiger partial charge in [0.2, 0.25) is 0 Å². The van der Waals surface area contributed by atoms with Crippen LogP contribution in [0.25, 0.3) is 0 Å². The summed E-state index contributed by atoms with van der Waals surface area (Å²) >= 11 is 0. The van der Waals surface area contributed by atoms with Gasteiger partial charge in [0.05, 0.1) is 7.11 Å². The standard InChI is InChI=1S/C14H19F2NO/c1-14(15,16)11-3-4-13(18-2)12(9-11)10-5-7-17-8-6-10/h3-4,9-10,17H,5-8H2,1-2H3. The van der Waals surface area contributed by atoms with Gasteiger partial charge in [-0.15, -0.1) is 0 Å². The molecule has 1 fully saturated rings. The zero-order valence-corrected chi connectivity index (χ0v) is 10.8. The summed E-state index contributed by atoms with van der Waals surface area (Å²) in [6.45, 7) is 2.79. The topological polar surface area (TPSA) is 21.3 Å². The van der Waals surface area contributed by atoms with Crippen LogP contribution in [-0.2, 0) is 5.92 Å². The van der Waals surface area contributed by atoms with Crippen LogP contribution in [0.3, 0.4) is 0 Å². The molecule has 4 heteroatoms. The van der Waals surface area contributed by atoms with E-state index in [0.29, 0.717) is 5.92 Å². The maximum atomic E-state index is 13.4. The first-order valence-corrected chi connectivity index (χ1v) is 6.29. The SMILES string of the molecule is COc1ccc(C(C)(F)F)cc1C1CCNCC1. The summed E-state index contributed by atoms with van der Waals surface area (Å²) in [6.07, 6.45) is 1.93. The largest absolute Gasteiger partial charge is 0.496 e. The van der Waals surface area contributed by atoms with E-state index in [9.17, 15) is 8.78 Å². The number of halogens is 2. The molecule has 0 amide bonds. The van der Waals surface area contributed by atoms with Gasteiger partial charge in [0, 0.05) is 12.5 Å². The number of hydrogen-bond acceptors (Lipinski definition) is 2. The first kappa shape index (κ1) is 13.3. The number of ether oxygens (including phenoxy) is 1. The van der Waals surface area contributed by atoms with Crippen LogP contribution in [0.15, 0.2) is 18.2 Å². The Hall–Kier alpha value is -1.16. The van der Waals surface area contributed by atoms with E-state index in [1.807, 2.05) is 0 Å². The predicted molar refractivity (Wildman–Crippen MR) is 67.4 cm³/mol. The molecule has 0 radical (unpaired) electrons. The molecule has 0 aromatic heterocycles. The molecule has 1 saturated heterocycles. The molecule has 100 valence electrons. The molecule has 0 unspecified atom stereocenters. The Kier molecular flexibility index (Phi) is 3.85. The average Bonchev–Trinajstić information content (AvgIpc) is 2.38. The lowest BCUT2D eigenvalue weighted by molar-refractivity contribution is 0.0173. The second-order valence-electron chi connectivity index (χ2n) is 4.87. The summed E-state index contributed by atoms with van der Waals surface area (Å²) < 4.78 is 32.1. The van der Waals surface area contributed by atoms with E-state index in [2.05, 4.69) is 5.32 Å².